The number of alkyl halides is 3. The van der Waals surface area contributed by atoms with E-state index in [2.05, 4.69) is 5.32 Å². The quantitative estimate of drug-likeness (QED) is 0.837. The first-order chi connectivity index (χ1) is 9.36. The fourth-order valence-electron chi connectivity index (χ4n) is 2.14. The van der Waals surface area contributed by atoms with Crippen molar-refractivity contribution in [3.63, 3.8) is 0 Å². The average Bonchev–Trinajstić information content (AvgIpc) is 2.86. The van der Waals surface area contributed by atoms with Crippen LogP contribution in [0.25, 0.3) is 0 Å². The minimum Gasteiger partial charge on any atom is -0.398 e. The number of nitrogens with one attached hydrogen (secondary N) is 1. The zero-order valence-corrected chi connectivity index (χ0v) is 11.1. The molecule has 1 aliphatic rings. The van der Waals surface area contributed by atoms with E-state index in [1.165, 1.54) is 12.1 Å². The highest BCUT2D eigenvalue weighted by Gasteiger charge is 2.36. The van der Waals surface area contributed by atoms with Gasteiger partial charge in [0.15, 0.2) is 0 Å². The van der Waals surface area contributed by atoms with Crippen molar-refractivity contribution in [1.29, 1.82) is 0 Å². The Morgan fingerprint density at radius 1 is 1.45 bits per heavy atom. The molecule has 1 saturated heterocycles. The average molecular weight is 290 g/mol. The first kappa shape index (κ1) is 14.9. The molecule has 1 heterocycles. The molecule has 7 heteroatoms. The first-order valence-electron chi connectivity index (χ1n) is 6.20. The Hall–Kier alpha value is -1.47. The number of methoxy groups -OCH3 is 1. The third-order valence-corrected chi connectivity index (χ3v) is 3.47. The van der Waals surface area contributed by atoms with Gasteiger partial charge in [-0.05, 0) is 18.2 Å². The van der Waals surface area contributed by atoms with Crippen LogP contribution in [0.5, 0.6) is 0 Å². The highest BCUT2D eigenvalue weighted by Crippen LogP contribution is 2.35. The Labute approximate surface area is 115 Å². The number of hydrogen-bond acceptors (Lipinski definition) is 4. The summed E-state index contributed by atoms with van der Waals surface area (Å²) in [7, 11) is 1.57. The minimum atomic E-state index is -4.46. The second-order valence-electron chi connectivity index (χ2n) is 4.84. The lowest BCUT2D eigenvalue weighted by molar-refractivity contribution is -0.136. The Morgan fingerprint density at radius 3 is 2.75 bits per heavy atom. The standard InChI is InChI=1S/C13H17F3N2O2/c1-19-12(4-5-20-8-12)7-18-9-2-3-11(17)10(6-9)13(14,15)16/h2-3,6,18H,4-5,7-8,17H2,1H3. The number of rotatable bonds is 4. The van der Waals surface area contributed by atoms with Crippen LogP contribution < -0.4 is 11.1 Å². The molecule has 1 atom stereocenters. The molecule has 0 amide bonds. The van der Waals surface area contributed by atoms with E-state index >= 15 is 0 Å². The molecule has 20 heavy (non-hydrogen) atoms. The zero-order chi connectivity index (χ0) is 14.8. The molecular weight excluding hydrogens is 273 g/mol. The Morgan fingerprint density at radius 2 is 2.20 bits per heavy atom. The zero-order valence-electron chi connectivity index (χ0n) is 11.1. The van der Waals surface area contributed by atoms with Gasteiger partial charge < -0.3 is 20.5 Å². The maximum absolute atomic E-state index is 12.8. The molecule has 0 aromatic heterocycles. The van der Waals surface area contributed by atoms with E-state index in [4.69, 9.17) is 15.2 Å². The molecule has 0 saturated carbocycles. The third-order valence-electron chi connectivity index (χ3n) is 3.47. The van der Waals surface area contributed by atoms with Crippen molar-refractivity contribution in [2.24, 2.45) is 0 Å². The molecule has 0 bridgehead atoms. The van der Waals surface area contributed by atoms with E-state index < -0.39 is 17.3 Å². The van der Waals surface area contributed by atoms with Crippen molar-refractivity contribution >= 4 is 11.4 Å². The molecule has 1 aliphatic heterocycles. The molecule has 3 N–H and O–H groups in total. The summed E-state index contributed by atoms with van der Waals surface area (Å²) >= 11 is 0. The maximum atomic E-state index is 12.8. The van der Waals surface area contributed by atoms with Gasteiger partial charge in [0, 0.05) is 38.1 Å². The summed E-state index contributed by atoms with van der Waals surface area (Å²) in [5.41, 5.74) is 4.10. The summed E-state index contributed by atoms with van der Waals surface area (Å²) in [4.78, 5) is 0. The van der Waals surface area contributed by atoms with Gasteiger partial charge in [-0.2, -0.15) is 13.2 Å². The van der Waals surface area contributed by atoms with Gasteiger partial charge >= 0.3 is 6.18 Å². The van der Waals surface area contributed by atoms with Crippen molar-refractivity contribution in [1.82, 2.24) is 0 Å². The van der Waals surface area contributed by atoms with E-state index in [1.807, 2.05) is 0 Å². The molecule has 1 fully saturated rings. The van der Waals surface area contributed by atoms with Gasteiger partial charge in [-0.3, -0.25) is 0 Å². The van der Waals surface area contributed by atoms with Crippen LogP contribution in [-0.2, 0) is 15.7 Å². The van der Waals surface area contributed by atoms with E-state index in [0.717, 1.165) is 6.07 Å². The topological polar surface area (TPSA) is 56.5 Å². The van der Waals surface area contributed by atoms with Gasteiger partial charge in [-0.15, -0.1) is 0 Å². The van der Waals surface area contributed by atoms with Crippen molar-refractivity contribution in [2.75, 3.05) is 37.9 Å². The van der Waals surface area contributed by atoms with Crippen LogP contribution in [0.15, 0.2) is 18.2 Å². The normalized spacial score (nSPS) is 23.0. The smallest absolute Gasteiger partial charge is 0.398 e. The molecule has 2 rings (SSSR count). The summed E-state index contributed by atoms with van der Waals surface area (Å²) in [6.45, 7) is 1.40. The number of nitrogens with two attached hydrogens (primary N) is 1. The fraction of sp³-hybridized carbons (Fsp3) is 0.538. The summed E-state index contributed by atoms with van der Waals surface area (Å²) in [6.07, 6.45) is -3.76. The minimum absolute atomic E-state index is 0.284. The van der Waals surface area contributed by atoms with Crippen molar-refractivity contribution in [2.45, 2.75) is 18.2 Å². The molecule has 0 aliphatic carbocycles. The van der Waals surface area contributed by atoms with Crippen LogP contribution in [0, 0.1) is 0 Å². The second-order valence-corrected chi connectivity index (χ2v) is 4.84. The summed E-state index contributed by atoms with van der Waals surface area (Å²) in [6, 6.07) is 3.77. The third kappa shape index (κ3) is 3.16. The van der Waals surface area contributed by atoms with Crippen molar-refractivity contribution in [3.05, 3.63) is 23.8 Å². The Kier molecular flexibility index (Phi) is 4.10. The van der Waals surface area contributed by atoms with Crippen LogP contribution in [0.2, 0.25) is 0 Å². The Bertz CT molecular complexity index is 471. The monoisotopic (exact) mass is 290 g/mol. The largest absolute Gasteiger partial charge is 0.418 e. The highest BCUT2D eigenvalue weighted by molar-refractivity contribution is 5.58. The Balaban J connectivity index is 2.10. The number of nitrogen functional groups attached to an aromatic ring is 1. The lowest BCUT2D eigenvalue weighted by Gasteiger charge is -2.26. The summed E-state index contributed by atoms with van der Waals surface area (Å²) in [5, 5.41) is 2.96. The number of anilines is 2. The lowest BCUT2D eigenvalue weighted by atomic mass is 10.0. The molecule has 112 valence electrons. The van der Waals surface area contributed by atoms with Crippen LogP contribution >= 0.6 is 0 Å². The van der Waals surface area contributed by atoms with E-state index in [1.54, 1.807) is 7.11 Å². The molecule has 4 nitrogen and oxygen atoms in total. The second kappa shape index (κ2) is 5.49. The van der Waals surface area contributed by atoms with Gasteiger partial charge in [-0.25, -0.2) is 0 Å². The maximum Gasteiger partial charge on any atom is 0.418 e. The first-order valence-corrected chi connectivity index (χ1v) is 6.20. The van der Waals surface area contributed by atoms with E-state index in [-0.39, 0.29) is 5.69 Å². The van der Waals surface area contributed by atoms with Gasteiger partial charge in [0.05, 0.1) is 12.2 Å². The highest BCUT2D eigenvalue weighted by atomic mass is 19.4. The predicted octanol–water partition coefficient (Wildman–Crippen LogP) is 2.51. The summed E-state index contributed by atoms with van der Waals surface area (Å²) in [5.74, 6) is 0. The van der Waals surface area contributed by atoms with Crippen LogP contribution in [0.3, 0.4) is 0 Å². The molecule has 1 aromatic rings. The van der Waals surface area contributed by atoms with Gasteiger partial charge in [0.2, 0.25) is 0 Å². The predicted molar refractivity (Wildman–Crippen MR) is 69.5 cm³/mol. The lowest BCUT2D eigenvalue weighted by Crippen LogP contribution is -2.39. The number of benzene rings is 1. The summed E-state index contributed by atoms with van der Waals surface area (Å²) < 4.78 is 49.0. The number of ether oxygens (including phenoxy) is 2. The van der Waals surface area contributed by atoms with E-state index in [9.17, 15) is 13.2 Å². The van der Waals surface area contributed by atoms with Crippen LogP contribution in [-0.4, -0.2) is 32.5 Å². The van der Waals surface area contributed by atoms with E-state index in [0.29, 0.717) is 31.9 Å². The van der Waals surface area contributed by atoms with Crippen molar-refractivity contribution in [3.8, 4) is 0 Å². The SMILES string of the molecule is COC1(CNc2ccc(N)c(C(F)(F)F)c2)CCOC1. The van der Waals surface area contributed by atoms with Gasteiger partial charge in [-0.1, -0.05) is 0 Å². The van der Waals surface area contributed by atoms with Gasteiger partial charge in [0.1, 0.15) is 5.60 Å². The molecule has 1 unspecified atom stereocenters. The molecule has 1 aromatic carbocycles. The number of hydrogen-bond donors (Lipinski definition) is 2. The number of halogens is 3. The van der Waals surface area contributed by atoms with Gasteiger partial charge in [0.25, 0.3) is 0 Å². The molecule has 0 radical (unpaired) electrons. The molecular formula is C13H17F3N2O2. The van der Waals surface area contributed by atoms with Crippen molar-refractivity contribution < 1.29 is 22.6 Å². The fourth-order valence-corrected chi connectivity index (χ4v) is 2.14. The van der Waals surface area contributed by atoms with Crippen LogP contribution in [0.4, 0.5) is 24.5 Å². The molecule has 0 spiro atoms. The van der Waals surface area contributed by atoms with Crippen LogP contribution in [0.1, 0.15) is 12.0 Å².